The first-order valence-corrected chi connectivity index (χ1v) is 12.4. The second kappa shape index (κ2) is 10.4. The van der Waals surface area contributed by atoms with Crippen molar-refractivity contribution in [3.63, 3.8) is 0 Å². The summed E-state index contributed by atoms with van der Waals surface area (Å²) in [6.45, 7) is 2.95. The number of aromatic nitrogens is 1. The minimum atomic E-state index is -0.615. The molecule has 0 saturated carbocycles. The van der Waals surface area contributed by atoms with Crippen LogP contribution < -0.4 is 5.32 Å². The summed E-state index contributed by atoms with van der Waals surface area (Å²) in [5, 5.41) is 27.6. The molecule has 178 valence electrons. The normalized spacial score (nSPS) is 13.3. The quantitative estimate of drug-likeness (QED) is 0.256. The van der Waals surface area contributed by atoms with Crippen LogP contribution in [-0.2, 0) is 6.54 Å². The Bertz CT molecular complexity index is 1410. The van der Waals surface area contributed by atoms with Gasteiger partial charge in [0.15, 0.2) is 0 Å². The van der Waals surface area contributed by atoms with E-state index in [1.165, 1.54) is 21.7 Å². The Morgan fingerprint density at radius 3 is 2.11 bits per heavy atom. The van der Waals surface area contributed by atoms with E-state index in [1.807, 2.05) is 19.1 Å². The van der Waals surface area contributed by atoms with Gasteiger partial charge in [-0.05, 0) is 22.9 Å². The van der Waals surface area contributed by atoms with Crippen LogP contribution in [0.3, 0.4) is 0 Å². The number of fused-ring (bicyclic) bond motifs is 3. The molecule has 0 saturated heterocycles. The van der Waals surface area contributed by atoms with Crippen LogP contribution in [0.5, 0.6) is 0 Å². The van der Waals surface area contributed by atoms with E-state index in [-0.39, 0.29) is 12.6 Å². The van der Waals surface area contributed by atoms with Gasteiger partial charge in [0.1, 0.15) is 0 Å². The molecule has 0 aliphatic heterocycles. The van der Waals surface area contributed by atoms with Gasteiger partial charge in [-0.3, -0.25) is 0 Å². The second-order valence-corrected chi connectivity index (χ2v) is 9.10. The summed E-state index contributed by atoms with van der Waals surface area (Å²) in [6.07, 6.45) is 0.199. The molecule has 35 heavy (non-hydrogen) atoms. The molecule has 4 nitrogen and oxygen atoms in total. The molecular formula is C31H32N2O2. The van der Waals surface area contributed by atoms with Gasteiger partial charge in [0.05, 0.1) is 30.5 Å². The predicted molar refractivity (Wildman–Crippen MR) is 145 cm³/mol. The average Bonchev–Trinajstić information content (AvgIpc) is 3.24. The van der Waals surface area contributed by atoms with E-state index in [0.29, 0.717) is 13.1 Å². The van der Waals surface area contributed by atoms with Gasteiger partial charge in [-0.25, -0.2) is 0 Å². The Labute approximate surface area is 206 Å². The van der Waals surface area contributed by atoms with Gasteiger partial charge in [-0.15, -0.1) is 0 Å². The third kappa shape index (κ3) is 4.61. The lowest BCUT2D eigenvalue weighted by atomic mass is 9.97. The fraction of sp³-hybridized carbons (Fsp3) is 0.226. The van der Waals surface area contributed by atoms with Crippen LogP contribution in [0.1, 0.15) is 13.3 Å². The van der Waals surface area contributed by atoms with Crippen molar-refractivity contribution in [1.29, 1.82) is 0 Å². The smallest absolute Gasteiger partial charge is 0.0843 e. The van der Waals surface area contributed by atoms with Gasteiger partial charge in [-0.1, -0.05) is 104 Å². The number of aliphatic hydroxyl groups excluding tert-OH is 2. The van der Waals surface area contributed by atoms with E-state index in [9.17, 15) is 10.2 Å². The standard InChI is InChI=1S/C31H32N2O2/c1-2-25(21-34)32-19-26(35)20-33-30(24-14-7-4-8-15-24)29(23-12-5-3-6-13-23)28-18-17-22-11-9-10-16-27(22)31(28)33/h3-18,25-26,32,34-35H,2,19-21H2,1H3/t25-,26-/m1/s1. The molecule has 4 aromatic carbocycles. The molecule has 0 fully saturated rings. The third-order valence-corrected chi connectivity index (χ3v) is 6.80. The van der Waals surface area contributed by atoms with Gasteiger partial charge in [-0.2, -0.15) is 0 Å². The van der Waals surface area contributed by atoms with Crippen molar-refractivity contribution in [3.05, 3.63) is 97.1 Å². The number of nitrogens with one attached hydrogen (secondary N) is 1. The summed E-state index contributed by atoms with van der Waals surface area (Å²) in [5.41, 5.74) is 5.70. The SMILES string of the molecule is CC[C@H](CO)NC[C@@H](O)Cn1c(-c2ccccc2)c(-c2ccccc2)c2ccc3ccccc3c21. The molecule has 0 amide bonds. The van der Waals surface area contributed by atoms with E-state index in [4.69, 9.17) is 0 Å². The first-order chi connectivity index (χ1) is 17.2. The molecular weight excluding hydrogens is 432 g/mol. The molecule has 0 unspecified atom stereocenters. The zero-order valence-electron chi connectivity index (χ0n) is 20.1. The molecule has 0 aliphatic carbocycles. The number of hydrogen-bond acceptors (Lipinski definition) is 3. The van der Waals surface area contributed by atoms with Gasteiger partial charge in [0.25, 0.3) is 0 Å². The van der Waals surface area contributed by atoms with E-state index >= 15 is 0 Å². The Balaban J connectivity index is 1.75. The van der Waals surface area contributed by atoms with Crippen LogP contribution in [0.2, 0.25) is 0 Å². The molecule has 1 aromatic heterocycles. The average molecular weight is 465 g/mol. The van der Waals surface area contributed by atoms with Crippen LogP contribution in [0.4, 0.5) is 0 Å². The number of hydrogen-bond donors (Lipinski definition) is 3. The Hall–Kier alpha value is -3.44. The maximum atomic E-state index is 11.2. The lowest BCUT2D eigenvalue weighted by molar-refractivity contribution is 0.141. The lowest BCUT2D eigenvalue weighted by Crippen LogP contribution is -2.39. The highest BCUT2D eigenvalue weighted by molar-refractivity contribution is 6.15. The zero-order valence-corrected chi connectivity index (χ0v) is 20.1. The van der Waals surface area contributed by atoms with Crippen molar-refractivity contribution < 1.29 is 10.2 Å². The summed E-state index contributed by atoms with van der Waals surface area (Å²) >= 11 is 0. The van der Waals surface area contributed by atoms with Crippen LogP contribution in [-0.4, -0.2) is 40.1 Å². The van der Waals surface area contributed by atoms with Gasteiger partial charge in [0.2, 0.25) is 0 Å². The summed E-state index contributed by atoms with van der Waals surface area (Å²) in [4.78, 5) is 0. The van der Waals surface area contributed by atoms with Crippen molar-refractivity contribution in [3.8, 4) is 22.4 Å². The minimum absolute atomic E-state index is 0.0136. The maximum absolute atomic E-state index is 11.2. The predicted octanol–water partition coefficient (Wildman–Crippen LogP) is 5.85. The Morgan fingerprint density at radius 1 is 0.771 bits per heavy atom. The van der Waals surface area contributed by atoms with Crippen LogP contribution in [0, 0.1) is 0 Å². The summed E-state index contributed by atoms with van der Waals surface area (Å²) < 4.78 is 2.29. The van der Waals surface area contributed by atoms with Crippen molar-refractivity contribution in [2.75, 3.05) is 13.2 Å². The van der Waals surface area contributed by atoms with Crippen LogP contribution >= 0.6 is 0 Å². The highest BCUT2D eigenvalue weighted by Crippen LogP contribution is 2.43. The van der Waals surface area contributed by atoms with Gasteiger partial charge in [0, 0.05) is 28.9 Å². The summed E-state index contributed by atoms with van der Waals surface area (Å²) in [7, 11) is 0. The molecule has 2 atom stereocenters. The lowest BCUT2D eigenvalue weighted by Gasteiger charge is -2.20. The first kappa shape index (κ1) is 23.3. The topological polar surface area (TPSA) is 57.4 Å². The Morgan fingerprint density at radius 2 is 1.43 bits per heavy atom. The Kier molecular flexibility index (Phi) is 6.96. The number of rotatable bonds is 9. The monoisotopic (exact) mass is 464 g/mol. The number of nitrogens with zero attached hydrogens (tertiary/aromatic N) is 1. The molecule has 5 rings (SSSR count). The highest BCUT2D eigenvalue weighted by atomic mass is 16.3. The third-order valence-electron chi connectivity index (χ3n) is 6.80. The molecule has 0 bridgehead atoms. The van der Waals surface area contributed by atoms with Gasteiger partial charge >= 0.3 is 0 Å². The summed E-state index contributed by atoms with van der Waals surface area (Å²) in [5.74, 6) is 0. The van der Waals surface area contributed by atoms with Crippen molar-refractivity contribution >= 4 is 21.7 Å². The number of aliphatic hydroxyl groups is 2. The maximum Gasteiger partial charge on any atom is 0.0843 e. The largest absolute Gasteiger partial charge is 0.395 e. The first-order valence-electron chi connectivity index (χ1n) is 12.4. The van der Waals surface area contributed by atoms with E-state index < -0.39 is 6.10 Å². The van der Waals surface area contributed by atoms with Crippen molar-refractivity contribution in [1.82, 2.24) is 9.88 Å². The molecule has 5 aromatic rings. The van der Waals surface area contributed by atoms with E-state index in [1.54, 1.807) is 0 Å². The van der Waals surface area contributed by atoms with E-state index in [0.717, 1.165) is 28.8 Å². The van der Waals surface area contributed by atoms with Crippen LogP contribution in [0.15, 0.2) is 97.1 Å². The fourth-order valence-corrected chi connectivity index (χ4v) is 5.01. The second-order valence-electron chi connectivity index (χ2n) is 9.10. The summed E-state index contributed by atoms with van der Waals surface area (Å²) in [6, 6.07) is 33.8. The van der Waals surface area contributed by atoms with Crippen molar-refractivity contribution in [2.24, 2.45) is 0 Å². The minimum Gasteiger partial charge on any atom is -0.395 e. The molecule has 3 N–H and O–H groups in total. The van der Waals surface area contributed by atoms with Gasteiger partial charge < -0.3 is 20.1 Å². The molecule has 1 heterocycles. The zero-order chi connectivity index (χ0) is 24.2. The fourth-order valence-electron chi connectivity index (χ4n) is 5.01. The molecule has 0 radical (unpaired) electrons. The highest BCUT2D eigenvalue weighted by Gasteiger charge is 2.23. The van der Waals surface area contributed by atoms with Crippen LogP contribution in [0.25, 0.3) is 44.1 Å². The molecule has 0 spiro atoms. The van der Waals surface area contributed by atoms with Crippen molar-refractivity contribution in [2.45, 2.75) is 32.0 Å². The molecule has 0 aliphatic rings. The number of benzene rings is 4. The molecule has 4 heteroatoms. The van der Waals surface area contributed by atoms with E-state index in [2.05, 4.69) is 94.8 Å².